The lowest BCUT2D eigenvalue weighted by Gasteiger charge is -2.07. The van der Waals surface area contributed by atoms with Crippen LogP contribution in [-0.4, -0.2) is 33.3 Å². The third-order valence-corrected chi connectivity index (χ3v) is 4.22. The largest absolute Gasteiger partial charge is 0.463 e. The summed E-state index contributed by atoms with van der Waals surface area (Å²) >= 11 is 0. The molecule has 3 aromatic heterocycles. The van der Waals surface area contributed by atoms with Crippen molar-refractivity contribution in [3.8, 4) is 0 Å². The number of hydrogen-bond donors (Lipinski definition) is 2. The van der Waals surface area contributed by atoms with Crippen LogP contribution in [0, 0.1) is 5.92 Å². The summed E-state index contributed by atoms with van der Waals surface area (Å²) in [5.41, 5.74) is 8.77. The molecule has 0 aliphatic rings. The lowest BCUT2D eigenvalue weighted by molar-refractivity contribution is 0.0951. The maximum absolute atomic E-state index is 12.8. The first kappa shape index (κ1) is 17.7. The number of hydrogen-bond acceptors (Lipinski definition) is 6. The van der Waals surface area contributed by atoms with E-state index in [1.165, 1.54) is 10.9 Å². The number of nitrogens with zero attached hydrogens (tertiary/aromatic N) is 4. The van der Waals surface area contributed by atoms with E-state index in [2.05, 4.69) is 20.4 Å². The molecule has 142 valence electrons. The monoisotopic (exact) mass is 376 g/mol. The van der Waals surface area contributed by atoms with Gasteiger partial charge in [0, 0.05) is 6.54 Å². The molecule has 4 aromatic rings. The molecule has 0 atom stereocenters. The molecule has 0 fully saturated rings. The summed E-state index contributed by atoms with van der Waals surface area (Å²) < 4.78 is 6.70. The number of aromatic nitrogens is 3. The Morgan fingerprint density at radius 3 is 2.68 bits per heavy atom. The number of carbonyl (C=O) groups excluding carboxylic acids is 1. The first-order chi connectivity index (χ1) is 13.5. The molecule has 0 saturated heterocycles. The molecule has 0 radical (unpaired) electrons. The zero-order chi connectivity index (χ0) is 19.7. The van der Waals surface area contributed by atoms with Crippen molar-refractivity contribution in [1.82, 2.24) is 20.0 Å². The van der Waals surface area contributed by atoms with Crippen LogP contribution in [0.2, 0.25) is 0 Å². The lowest BCUT2D eigenvalue weighted by Crippen LogP contribution is -2.28. The molecular formula is C20H20N6O2. The minimum Gasteiger partial charge on any atom is -0.463 e. The van der Waals surface area contributed by atoms with Crippen LogP contribution < -0.4 is 11.1 Å². The Morgan fingerprint density at radius 2 is 2.00 bits per heavy atom. The number of para-hydroxylation sites is 2. The molecule has 0 bridgehead atoms. The minimum atomic E-state index is -0.298. The van der Waals surface area contributed by atoms with Gasteiger partial charge in [0.05, 0.1) is 23.5 Å². The predicted octanol–water partition coefficient (Wildman–Crippen LogP) is 3.03. The smallest absolute Gasteiger partial charge is 0.257 e. The number of rotatable bonds is 5. The maximum Gasteiger partial charge on any atom is 0.257 e. The van der Waals surface area contributed by atoms with Gasteiger partial charge in [0.2, 0.25) is 0 Å². The average Bonchev–Trinajstić information content (AvgIpc) is 3.28. The third-order valence-electron chi connectivity index (χ3n) is 4.22. The molecule has 1 amide bonds. The van der Waals surface area contributed by atoms with Crippen LogP contribution in [0.1, 0.15) is 30.0 Å². The molecule has 8 heteroatoms. The predicted molar refractivity (Wildman–Crippen MR) is 108 cm³/mol. The number of fused-ring (bicyclic) bond motifs is 2. The fraction of sp³-hybridized carbons (Fsp3) is 0.200. The van der Waals surface area contributed by atoms with Crippen LogP contribution >= 0.6 is 0 Å². The molecule has 0 spiro atoms. The summed E-state index contributed by atoms with van der Waals surface area (Å²) in [6, 6.07) is 11.0. The van der Waals surface area contributed by atoms with Gasteiger partial charge in [0.1, 0.15) is 22.7 Å². The summed E-state index contributed by atoms with van der Waals surface area (Å²) in [6.07, 6.45) is 3.07. The zero-order valence-electron chi connectivity index (χ0n) is 15.6. The van der Waals surface area contributed by atoms with E-state index in [1.54, 1.807) is 18.4 Å². The number of furan rings is 1. The molecule has 0 saturated carbocycles. The van der Waals surface area contributed by atoms with Gasteiger partial charge >= 0.3 is 0 Å². The van der Waals surface area contributed by atoms with E-state index < -0.39 is 0 Å². The lowest BCUT2D eigenvalue weighted by atomic mass is 10.2. The standard InChI is InChI=1S/C20H20N6O2/c1-12(2)10-22-20(27)16-17-19(25-15-8-4-3-7-14(15)24-17)26(18(16)21)23-11-13-6-5-9-28-13/h3-9,11-12H,10,21H2,1-2H3,(H,22,27)/b23-11-. The topological polar surface area (TPSA) is 111 Å². The molecule has 0 unspecified atom stereocenters. The SMILES string of the molecule is CC(C)CNC(=O)c1c(N)n(/N=C\c2ccco2)c2nc3ccccc3nc12. The van der Waals surface area contributed by atoms with Crippen LogP contribution in [0.5, 0.6) is 0 Å². The highest BCUT2D eigenvalue weighted by molar-refractivity contribution is 6.10. The fourth-order valence-electron chi connectivity index (χ4n) is 2.85. The van der Waals surface area contributed by atoms with E-state index in [9.17, 15) is 4.79 Å². The number of nitrogens with two attached hydrogens (primary N) is 1. The normalized spacial score (nSPS) is 11.8. The molecular weight excluding hydrogens is 356 g/mol. The van der Waals surface area contributed by atoms with Gasteiger partial charge in [0.25, 0.3) is 5.91 Å². The van der Waals surface area contributed by atoms with E-state index in [0.29, 0.717) is 40.4 Å². The van der Waals surface area contributed by atoms with Crippen molar-refractivity contribution >= 4 is 40.1 Å². The number of anilines is 1. The van der Waals surface area contributed by atoms with E-state index >= 15 is 0 Å². The first-order valence-corrected chi connectivity index (χ1v) is 8.97. The molecule has 28 heavy (non-hydrogen) atoms. The van der Waals surface area contributed by atoms with Crippen LogP contribution in [-0.2, 0) is 0 Å². The van der Waals surface area contributed by atoms with Crippen LogP contribution in [0.15, 0.2) is 52.2 Å². The number of benzene rings is 1. The van der Waals surface area contributed by atoms with Crippen molar-refractivity contribution in [2.24, 2.45) is 11.0 Å². The second-order valence-corrected chi connectivity index (χ2v) is 6.82. The van der Waals surface area contributed by atoms with Gasteiger partial charge in [-0.15, -0.1) is 0 Å². The Balaban J connectivity index is 1.90. The van der Waals surface area contributed by atoms with E-state index in [-0.39, 0.29) is 17.3 Å². The van der Waals surface area contributed by atoms with Crippen molar-refractivity contribution in [3.63, 3.8) is 0 Å². The van der Waals surface area contributed by atoms with Gasteiger partial charge in [-0.05, 0) is 30.2 Å². The van der Waals surface area contributed by atoms with Crippen LogP contribution in [0.4, 0.5) is 5.82 Å². The van der Waals surface area contributed by atoms with Crippen LogP contribution in [0.25, 0.3) is 22.2 Å². The van der Waals surface area contributed by atoms with Crippen molar-refractivity contribution in [2.45, 2.75) is 13.8 Å². The second kappa shape index (κ2) is 7.15. The third kappa shape index (κ3) is 3.20. The molecule has 0 aliphatic carbocycles. The van der Waals surface area contributed by atoms with Gasteiger partial charge in [-0.25, -0.2) is 9.97 Å². The summed E-state index contributed by atoms with van der Waals surface area (Å²) in [5.74, 6) is 0.741. The Bertz CT molecular complexity index is 1170. The molecule has 3 N–H and O–H groups in total. The number of amides is 1. The van der Waals surface area contributed by atoms with Gasteiger partial charge < -0.3 is 15.5 Å². The summed E-state index contributed by atoms with van der Waals surface area (Å²) in [7, 11) is 0. The number of carbonyl (C=O) groups is 1. The van der Waals surface area contributed by atoms with Gasteiger partial charge in [0.15, 0.2) is 5.65 Å². The summed E-state index contributed by atoms with van der Waals surface area (Å²) in [6.45, 7) is 4.57. The minimum absolute atomic E-state index is 0.175. The molecule has 1 aromatic carbocycles. The Hall–Kier alpha value is -3.68. The zero-order valence-corrected chi connectivity index (χ0v) is 15.6. The van der Waals surface area contributed by atoms with Gasteiger partial charge in [-0.2, -0.15) is 9.78 Å². The number of nitrogens with one attached hydrogen (secondary N) is 1. The molecule has 8 nitrogen and oxygen atoms in total. The molecule has 0 aliphatic heterocycles. The van der Waals surface area contributed by atoms with E-state index in [4.69, 9.17) is 10.2 Å². The Morgan fingerprint density at radius 1 is 1.25 bits per heavy atom. The Kier molecular flexibility index (Phi) is 4.52. The fourth-order valence-corrected chi connectivity index (χ4v) is 2.85. The van der Waals surface area contributed by atoms with Gasteiger partial charge in [-0.1, -0.05) is 26.0 Å². The van der Waals surface area contributed by atoms with Crippen molar-refractivity contribution in [3.05, 3.63) is 54.0 Å². The van der Waals surface area contributed by atoms with E-state index in [0.717, 1.165) is 0 Å². The van der Waals surface area contributed by atoms with Crippen molar-refractivity contribution in [1.29, 1.82) is 0 Å². The highest BCUT2D eigenvalue weighted by Gasteiger charge is 2.24. The second-order valence-electron chi connectivity index (χ2n) is 6.82. The quantitative estimate of drug-likeness (QED) is 0.520. The van der Waals surface area contributed by atoms with Gasteiger partial charge in [-0.3, -0.25) is 4.79 Å². The van der Waals surface area contributed by atoms with Crippen molar-refractivity contribution in [2.75, 3.05) is 12.3 Å². The van der Waals surface area contributed by atoms with Crippen LogP contribution in [0.3, 0.4) is 0 Å². The maximum atomic E-state index is 12.8. The van der Waals surface area contributed by atoms with Crippen molar-refractivity contribution < 1.29 is 9.21 Å². The summed E-state index contributed by atoms with van der Waals surface area (Å²) in [5, 5.41) is 7.26. The Labute approximate surface area is 161 Å². The van der Waals surface area contributed by atoms with E-state index in [1.807, 2.05) is 38.1 Å². The highest BCUT2D eigenvalue weighted by atomic mass is 16.3. The molecule has 3 heterocycles. The number of nitrogen functional groups attached to an aromatic ring is 1. The first-order valence-electron chi connectivity index (χ1n) is 8.97. The highest BCUT2D eigenvalue weighted by Crippen LogP contribution is 2.27. The average molecular weight is 376 g/mol. The molecule has 4 rings (SSSR count). The summed E-state index contributed by atoms with van der Waals surface area (Å²) in [4.78, 5) is 22.1.